The molecule has 0 saturated heterocycles. The van der Waals surface area contributed by atoms with E-state index in [0.717, 1.165) is 5.69 Å². The van der Waals surface area contributed by atoms with Crippen LogP contribution in [0.25, 0.3) is 0 Å². The van der Waals surface area contributed by atoms with Gasteiger partial charge in [0.15, 0.2) is 0 Å². The smallest absolute Gasteiger partial charge is 0.211 e. The van der Waals surface area contributed by atoms with Crippen molar-refractivity contribution >= 4 is 15.7 Å². The SMILES string of the molecule is C[C@H](CNS(=O)(=O)CCCF)N(C)c1ccccc1. The number of alkyl halides is 1. The number of nitrogens with zero attached hydrogens (tertiary/aromatic N) is 1. The summed E-state index contributed by atoms with van der Waals surface area (Å²) in [7, 11) is -1.46. The fraction of sp³-hybridized carbons (Fsp3) is 0.538. The lowest BCUT2D eigenvalue weighted by atomic mass is 10.2. The Balaban J connectivity index is 2.49. The second-order valence-electron chi connectivity index (χ2n) is 4.51. The third-order valence-corrected chi connectivity index (χ3v) is 4.40. The topological polar surface area (TPSA) is 49.4 Å². The molecule has 19 heavy (non-hydrogen) atoms. The minimum absolute atomic E-state index is 0.0163. The van der Waals surface area contributed by atoms with E-state index in [1.807, 2.05) is 49.2 Å². The molecule has 108 valence electrons. The van der Waals surface area contributed by atoms with Crippen molar-refractivity contribution < 1.29 is 12.8 Å². The fourth-order valence-corrected chi connectivity index (χ4v) is 2.75. The normalized spacial score (nSPS) is 13.2. The summed E-state index contributed by atoms with van der Waals surface area (Å²) in [6, 6.07) is 9.75. The van der Waals surface area contributed by atoms with E-state index < -0.39 is 16.7 Å². The first-order valence-corrected chi connectivity index (χ1v) is 7.92. The highest BCUT2D eigenvalue weighted by Gasteiger charge is 2.14. The lowest BCUT2D eigenvalue weighted by Crippen LogP contribution is -2.41. The van der Waals surface area contributed by atoms with Gasteiger partial charge in [-0.05, 0) is 25.5 Å². The molecule has 4 nitrogen and oxygen atoms in total. The van der Waals surface area contributed by atoms with Crippen molar-refractivity contribution in [2.45, 2.75) is 19.4 Å². The van der Waals surface area contributed by atoms with Crippen LogP contribution in [0.15, 0.2) is 30.3 Å². The lowest BCUT2D eigenvalue weighted by molar-refractivity contribution is 0.482. The monoisotopic (exact) mass is 288 g/mol. The number of hydrogen-bond donors (Lipinski definition) is 1. The maximum Gasteiger partial charge on any atom is 0.211 e. The molecule has 0 spiro atoms. The first-order valence-electron chi connectivity index (χ1n) is 6.27. The van der Waals surface area contributed by atoms with Gasteiger partial charge in [-0.3, -0.25) is 4.39 Å². The second-order valence-corrected chi connectivity index (χ2v) is 6.43. The summed E-state index contributed by atoms with van der Waals surface area (Å²) >= 11 is 0. The van der Waals surface area contributed by atoms with Crippen molar-refractivity contribution in [2.24, 2.45) is 0 Å². The molecule has 0 unspecified atom stereocenters. The van der Waals surface area contributed by atoms with Gasteiger partial charge in [-0.25, -0.2) is 13.1 Å². The number of para-hydroxylation sites is 1. The maximum absolute atomic E-state index is 12.0. The first-order chi connectivity index (χ1) is 8.96. The molecule has 0 amide bonds. The molecule has 0 saturated carbocycles. The van der Waals surface area contributed by atoms with Crippen molar-refractivity contribution in [1.29, 1.82) is 0 Å². The Morgan fingerprint density at radius 3 is 2.53 bits per heavy atom. The molecule has 0 heterocycles. The van der Waals surface area contributed by atoms with Gasteiger partial charge < -0.3 is 4.90 Å². The van der Waals surface area contributed by atoms with E-state index in [1.165, 1.54) is 0 Å². The molecule has 1 aromatic carbocycles. The predicted octanol–water partition coefficient (Wildman–Crippen LogP) is 1.79. The zero-order valence-electron chi connectivity index (χ0n) is 11.3. The van der Waals surface area contributed by atoms with E-state index in [-0.39, 0.29) is 18.2 Å². The summed E-state index contributed by atoms with van der Waals surface area (Å²) in [5.74, 6) is -0.161. The largest absolute Gasteiger partial charge is 0.371 e. The number of sulfonamides is 1. The zero-order valence-corrected chi connectivity index (χ0v) is 12.2. The van der Waals surface area contributed by atoms with E-state index >= 15 is 0 Å². The summed E-state index contributed by atoms with van der Waals surface area (Å²) < 4.78 is 37.6. The minimum atomic E-state index is -3.37. The van der Waals surface area contributed by atoms with Crippen LogP contribution >= 0.6 is 0 Å². The molecule has 0 radical (unpaired) electrons. The molecule has 1 aromatic rings. The fourth-order valence-electron chi connectivity index (χ4n) is 1.62. The molecule has 0 aliphatic rings. The van der Waals surface area contributed by atoms with Crippen molar-refractivity contribution in [1.82, 2.24) is 4.72 Å². The van der Waals surface area contributed by atoms with Gasteiger partial charge in [0.25, 0.3) is 0 Å². The molecule has 1 N–H and O–H groups in total. The number of hydrogen-bond acceptors (Lipinski definition) is 3. The Bertz CT molecular complexity index is 465. The van der Waals surface area contributed by atoms with Crippen LogP contribution in [-0.2, 0) is 10.0 Å². The Morgan fingerprint density at radius 2 is 1.95 bits per heavy atom. The predicted molar refractivity (Wildman–Crippen MR) is 76.7 cm³/mol. The van der Waals surface area contributed by atoms with Crippen LogP contribution in [0.4, 0.5) is 10.1 Å². The van der Waals surface area contributed by atoms with Gasteiger partial charge in [0.2, 0.25) is 10.0 Å². The Labute approximate surface area is 114 Å². The van der Waals surface area contributed by atoms with Crippen LogP contribution in [0.1, 0.15) is 13.3 Å². The van der Waals surface area contributed by atoms with E-state index in [4.69, 9.17) is 0 Å². The Kier molecular flexibility index (Phi) is 6.24. The van der Waals surface area contributed by atoms with Crippen LogP contribution in [0.3, 0.4) is 0 Å². The van der Waals surface area contributed by atoms with Crippen molar-refractivity contribution in [3.05, 3.63) is 30.3 Å². The van der Waals surface area contributed by atoms with Gasteiger partial charge in [0.1, 0.15) is 0 Å². The summed E-state index contributed by atoms with van der Waals surface area (Å²) in [5.41, 5.74) is 1.03. The maximum atomic E-state index is 12.0. The third-order valence-electron chi connectivity index (χ3n) is 2.97. The number of benzene rings is 1. The van der Waals surface area contributed by atoms with Crippen LogP contribution in [0.2, 0.25) is 0 Å². The average molecular weight is 288 g/mol. The average Bonchev–Trinajstić information content (AvgIpc) is 2.43. The van der Waals surface area contributed by atoms with Crippen molar-refractivity contribution in [3.63, 3.8) is 0 Å². The molecule has 1 rings (SSSR count). The number of halogens is 1. The van der Waals surface area contributed by atoms with Gasteiger partial charge >= 0.3 is 0 Å². The van der Waals surface area contributed by atoms with Crippen LogP contribution in [0.5, 0.6) is 0 Å². The molecular formula is C13H21FN2O2S. The molecule has 1 atom stereocenters. The summed E-state index contributed by atoms with van der Waals surface area (Å²) in [5, 5.41) is 0. The van der Waals surface area contributed by atoms with Crippen molar-refractivity contribution in [3.8, 4) is 0 Å². The van der Waals surface area contributed by atoms with Gasteiger partial charge in [-0.1, -0.05) is 18.2 Å². The van der Waals surface area contributed by atoms with Crippen LogP contribution < -0.4 is 9.62 Å². The van der Waals surface area contributed by atoms with Crippen molar-refractivity contribution in [2.75, 3.05) is 30.9 Å². The van der Waals surface area contributed by atoms with E-state index in [1.54, 1.807) is 0 Å². The second kappa shape index (κ2) is 7.45. The Hall–Kier alpha value is -1.14. The van der Waals surface area contributed by atoms with Gasteiger partial charge in [-0.15, -0.1) is 0 Å². The number of rotatable bonds is 8. The van der Waals surface area contributed by atoms with E-state index in [0.29, 0.717) is 6.54 Å². The van der Waals surface area contributed by atoms with Gasteiger partial charge in [0.05, 0.1) is 12.4 Å². The summed E-state index contributed by atoms with van der Waals surface area (Å²) in [4.78, 5) is 2.00. The van der Waals surface area contributed by atoms with Gasteiger partial charge in [-0.2, -0.15) is 0 Å². The van der Waals surface area contributed by atoms with Crippen LogP contribution in [-0.4, -0.2) is 40.5 Å². The highest BCUT2D eigenvalue weighted by atomic mass is 32.2. The molecule has 0 fully saturated rings. The molecule has 6 heteroatoms. The minimum Gasteiger partial charge on any atom is -0.371 e. The molecular weight excluding hydrogens is 267 g/mol. The highest BCUT2D eigenvalue weighted by molar-refractivity contribution is 7.89. The molecule has 0 bridgehead atoms. The van der Waals surface area contributed by atoms with Crippen LogP contribution in [0, 0.1) is 0 Å². The van der Waals surface area contributed by atoms with Gasteiger partial charge in [0, 0.05) is 25.3 Å². The molecule has 0 aliphatic carbocycles. The molecule has 0 aliphatic heterocycles. The number of likely N-dealkylation sites (N-methyl/N-ethyl adjacent to an activating group) is 1. The lowest BCUT2D eigenvalue weighted by Gasteiger charge is -2.27. The molecule has 0 aromatic heterocycles. The Morgan fingerprint density at radius 1 is 1.32 bits per heavy atom. The highest BCUT2D eigenvalue weighted by Crippen LogP contribution is 2.13. The zero-order chi connectivity index (χ0) is 14.3. The number of anilines is 1. The first kappa shape index (κ1) is 15.9. The quantitative estimate of drug-likeness (QED) is 0.793. The van der Waals surface area contributed by atoms with E-state index in [2.05, 4.69) is 4.72 Å². The number of nitrogens with one attached hydrogen (secondary N) is 1. The standard InChI is InChI=1S/C13H21FN2O2S/c1-12(11-15-19(17,18)10-6-9-14)16(2)13-7-4-3-5-8-13/h3-5,7-8,12,15H,6,9-11H2,1-2H3/t12-/m1/s1. The summed E-state index contributed by atoms with van der Waals surface area (Å²) in [6.07, 6.45) is 0.0399. The summed E-state index contributed by atoms with van der Waals surface area (Å²) in [6.45, 7) is 1.63. The van der Waals surface area contributed by atoms with E-state index in [9.17, 15) is 12.8 Å². The third kappa shape index (κ3) is 5.57.